The van der Waals surface area contributed by atoms with E-state index >= 15 is 0 Å². The molecule has 0 spiro atoms. The molecule has 0 aliphatic carbocycles. The highest BCUT2D eigenvalue weighted by Crippen LogP contribution is 2.22. The molecule has 0 bridgehead atoms. The van der Waals surface area contributed by atoms with Crippen molar-refractivity contribution in [2.45, 2.75) is 0 Å². The summed E-state index contributed by atoms with van der Waals surface area (Å²) in [4.78, 5) is 15.0. The molecule has 0 aliphatic heterocycles. The third kappa shape index (κ3) is 1.42. The van der Waals surface area contributed by atoms with Crippen molar-refractivity contribution in [1.29, 1.82) is 0 Å². The van der Waals surface area contributed by atoms with E-state index < -0.39 is 5.24 Å². The molecule has 0 fully saturated rings. The molecule has 2 rings (SSSR count). The van der Waals surface area contributed by atoms with Crippen LogP contribution in [0.3, 0.4) is 0 Å². The summed E-state index contributed by atoms with van der Waals surface area (Å²) in [6.07, 6.45) is 1.48. The molecule has 14 heavy (non-hydrogen) atoms. The highest BCUT2D eigenvalue weighted by atomic mass is 35.5. The van der Waals surface area contributed by atoms with Gasteiger partial charge in [-0.05, 0) is 29.8 Å². The van der Waals surface area contributed by atoms with E-state index in [4.69, 9.17) is 11.6 Å². The number of phenols is 1. The van der Waals surface area contributed by atoms with E-state index in [0.29, 0.717) is 16.5 Å². The van der Waals surface area contributed by atoms with E-state index in [9.17, 15) is 9.90 Å². The fourth-order valence-electron chi connectivity index (χ4n) is 1.31. The lowest BCUT2D eigenvalue weighted by Crippen LogP contribution is -1.91. The molecule has 0 saturated carbocycles. The summed E-state index contributed by atoms with van der Waals surface area (Å²) in [6, 6.07) is 6.15. The molecule has 0 radical (unpaired) electrons. The molecule has 1 heterocycles. The number of benzene rings is 1. The second-order valence-electron chi connectivity index (χ2n) is 2.83. The quantitative estimate of drug-likeness (QED) is 0.731. The average Bonchev–Trinajstić information content (AvgIpc) is 2.16. The van der Waals surface area contributed by atoms with Crippen molar-refractivity contribution in [3.05, 3.63) is 36.0 Å². The van der Waals surface area contributed by atoms with Gasteiger partial charge >= 0.3 is 0 Å². The lowest BCUT2D eigenvalue weighted by atomic mass is 10.1. The first-order valence-corrected chi connectivity index (χ1v) is 4.34. The Morgan fingerprint density at radius 3 is 2.86 bits per heavy atom. The van der Waals surface area contributed by atoms with Crippen LogP contribution in [-0.4, -0.2) is 15.3 Å². The number of nitrogens with zero attached hydrogens (tertiary/aromatic N) is 1. The first kappa shape index (κ1) is 8.97. The maximum atomic E-state index is 11.0. The number of carbonyl (C=O) groups is 1. The monoisotopic (exact) mass is 207 g/mol. The zero-order valence-corrected chi connectivity index (χ0v) is 7.82. The number of phenolic OH excluding ortho intramolecular Hbond substituents is 1. The van der Waals surface area contributed by atoms with Crippen LogP contribution in [0.5, 0.6) is 5.75 Å². The standard InChI is InChI=1S/C10H6ClNO2/c11-10(14)8-3-4-12-9-5-6(13)1-2-7(8)9/h1-5,13H. The molecule has 0 saturated heterocycles. The third-order valence-corrected chi connectivity index (χ3v) is 2.14. The van der Waals surface area contributed by atoms with E-state index in [1.807, 2.05) is 0 Å². The third-order valence-electron chi connectivity index (χ3n) is 1.94. The summed E-state index contributed by atoms with van der Waals surface area (Å²) in [5, 5.41) is 9.32. The number of pyridine rings is 1. The normalized spacial score (nSPS) is 10.4. The molecule has 0 aliphatic rings. The van der Waals surface area contributed by atoms with Gasteiger partial charge in [-0.25, -0.2) is 0 Å². The summed E-state index contributed by atoms with van der Waals surface area (Å²) >= 11 is 5.39. The predicted molar refractivity (Wildman–Crippen MR) is 53.6 cm³/mol. The lowest BCUT2D eigenvalue weighted by Gasteiger charge is -2.01. The Bertz CT molecular complexity index is 510. The molecule has 1 aromatic heterocycles. The Balaban J connectivity index is 2.81. The van der Waals surface area contributed by atoms with Gasteiger partial charge in [0.15, 0.2) is 0 Å². The van der Waals surface area contributed by atoms with Crippen molar-refractivity contribution in [2.24, 2.45) is 0 Å². The summed E-state index contributed by atoms with van der Waals surface area (Å²) in [5.41, 5.74) is 0.952. The number of carbonyl (C=O) groups excluding carboxylic acids is 1. The number of halogens is 1. The molecule has 2 aromatic rings. The Morgan fingerprint density at radius 1 is 1.36 bits per heavy atom. The number of hydrogen-bond acceptors (Lipinski definition) is 3. The van der Waals surface area contributed by atoms with Gasteiger partial charge < -0.3 is 5.11 Å². The van der Waals surface area contributed by atoms with Crippen molar-refractivity contribution in [2.75, 3.05) is 0 Å². The van der Waals surface area contributed by atoms with Gasteiger partial charge in [-0.15, -0.1) is 0 Å². The zero-order chi connectivity index (χ0) is 10.1. The molecule has 1 aromatic carbocycles. The fraction of sp³-hybridized carbons (Fsp3) is 0. The summed E-state index contributed by atoms with van der Waals surface area (Å²) in [5.74, 6) is 0.115. The minimum absolute atomic E-state index is 0.115. The van der Waals surface area contributed by atoms with Gasteiger partial charge in [-0.1, -0.05) is 0 Å². The number of aromatic nitrogens is 1. The highest BCUT2D eigenvalue weighted by molar-refractivity contribution is 6.68. The summed E-state index contributed by atoms with van der Waals surface area (Å²) < 4.78 is 0. The zero-order valence-electron chi connectivity index (χ0n) is 7.07. The van der Waals surface area contributed by atoms with Crippen LogP contribution >= 0.6 is 11.6 Å². The molecule has 4 heteroatoms. The van der Waals surface area contributed by atoms with Gasteiger partial charge in [0.2, 0.25) is 0 Å². The molecule has 3 nitrogen and oxygen atoms in total. The van der Waals surface area contributed by atoms with Crippen LogP contribution in [0, 0.1) is 0 Å². The Labute approximate surface area is 85.0 Å². The van der Waals surface area contributed by atoms with Crippen molar-refractivity contribution in [3.8, 4) is 5.75 Å². The van der Waals surface area contributed by atoms with Crippen molar-refractivity contribution in [1.82, 2.24) is 4.98 Å². The first-order valence-electron chi connectivity index (χ1n) is 3.96. The average molecular weight is 208 g/mol. The molecule has 0 amide bonds. The van der Waals surface area contributed by atoms with Crippen molar-refractivity contribution < 1.29 is 9.90 Å². The number of fused-ring (bicyclic) bond motifs is 1. The minimum atomic E-state index is -0.525. The van der Waals surface area contributed by atoms with Gasteiger partial charge in [-0.3, -0.25) is 9.78 Å². The van der Waals surface area contributed by atoms with Gasteiger partial charge in [-0.2, -0.15) is 0 Å². The van der Waals surface area contributed by atoms with Gasteiger partial charge in [0, 0.05) is 23.2 Å². The van der Waals surface area contributed by atoms with E-state index in [2.05, 4.69) is 4.98 Å². The van der Waals surface area contributed by atoms with E-state index in [-0.39, 0.29) is 5.75 Å². The predicted octanol–water partition coefficient (Wildman–Crippen LogP) is 2.32. The van der Waals surface area contributed by atoms with Gasteiger partial charge in [0.25, 0.3) is 5.24 Å². The van der Waals surface area contributed by atoms with Gasteiger partial charge in [0.1, 0.15) is 5.75 Å². The largest absolute Gasteiger partial charge is 0.508 e. The van der Waals surface area contributed by atoms with Gasteiger partial charge in [0.05, 0.1) is 5.52 Å². The Morgan fingerprint density at radius 2 is 2.14 bits per heavy atom. The van der Waals surface area contributed by atoms with Crippen LogP contribution in [0.25, 0.3) is 10.9 Å². The Kier molecular flexibility index (Phi) is 2.09. The fourth-order valence-corrected chi connectivity index (χ4v) is 1.47. The summed E-state index contributed by atoms with van der Waals surface area (Å²) in [7, 11) is 0. The van der Waals surface area contributed by atoms with Crippen LogP contribution in [0.2, 0.25) is 0 Å². The van der Waals surface area contributed by atoms with Crippen LogP contribution in [0.1, 0.15) is 10.4 Å². The van der Waals surface area contributed by atoms with E-state index in [1.165, 1.54) is 18.3 Å². The lowest BCUT2D eigenvalue weighted by molar-refractivity contribution is 0.108. The van der Waals surface area contributed by atoms with Crippen LogP contribution < -0.4 is 0 Å². The van der Waals surface area contributed by atoms with E-state index in [1.54, 1.807) is 12.1 Å². The molecule has 0 unspecified atom stereocenters. The van der Waals surface area contributed by atoms with E-state index in [0.717, 1.165) is 0 Å². The number of hydrogen-bond donors (Lipinski definition) is 1. The molecular formula is C10H6ClNO2. The number of rotatable bonds is 1. The topological polar surface area (TPSA) is 50.2 Å². The summed E-state index contributed by atoms with van der Waals surface area (Å²) in [6.45, 7) is 0. The SMILES string of the molecule is O=C(Cl)c1ccnc2cc(O)ccc12. The maximum absolute atomic E-state index is 11.0. The Hall–Kier alpha value is -1.61. The van der Waals surface area contributed by atoms with Crippen LogP contribution in [0.4, 0.5) is 0 Å². The maximum Gasteiger partial charge on any atom is 0.253 e. The molecule has 70 valence electrons. The molecular weight excluding hydrogens is 202 g/mol. The minimum Gasteiger partial charge on any atom is -0.508 e. The first-order chi connectivity index (χ1) is 6.68. The van der Waals surface area contributed by atoms with Crippen LogP contribution in [-0.2, 0) is 0 Å². The van der Waals surface area contributed by atoms with Crippen molar-refractivity contribution >= 4 is 27.7 Å². The molecule has 1 N–H and O–H groups in total. The van der Waals surface area contributed by atoms with Crippen LogP contribution in [0.15, 0.2) is 30.5 Å². The molecule has 0 atom stereocenters. The van der Waals surface area contributed by atoms with Crippen molar-refractivity contribution in [3.63, 3.8) is 0 Å². The highest BCUT2D eigenvalue weighted by Gasteiger charge is 2.07. The second-order valence-corrected chi connectivity index (χ2v) is 3.18. The number of aromatic hydroxyl groups is 1. The smallest absolute Gasteiger partial charge is 0.253 e. The second kappa shape index (κ2) is 3.27.